The Morgan fingerprint density at radius 2 is 2.11 bits per heavy atom. The maximum absolute atomic E-state index is 11.8. The Bertz CT molecular complexity index is 434. The van der Waals surface area contributed by atoms with Gasteiger partial charge < -0.3 is 15.2 Å². The van der Waals surface area contributed by atoms with Crippen LogP contribution < -0.4 is 10.6 Å². The summed E-state index contributed by atoms with van der Waals surface area (Å²) in [5.41, 5.74) is 0.392. The molecular formula is C14H21N3O2. The molecule has 0 bridgehead atoms. The van der Waals surface area contributed by atoms with Gasteiger partial charge in [0, 0.05) is 18.7 Å². The van der Waals surface area contributed by atoms with Crippen LogP contribution in [0.3, 0.4) is 0 Å². The van der Waals surface area contributed by atoms with Crippen LogP contribution in [0.5, 0.6) is 0 Å². The van der Waals surface area contributed by atoms with E-state index in [1.165, 1.54) is 38.5 Å². The van der Waals surface area contributed by atoms with Crippen molar-refractivity contribution < 1.29 is 9.32 Å². The molecule has 2 aliphatic carbocycles. The summed E-state index contributed by atoms with van der Waals surface area (Å²) in [4.78, 5) is 11.8. The zero-order valence-electron chi connectivity index (χ0n) is 11.2. The van der Waals surface area contributed by atoms with Gasteiger partial charge >= 0.3 is 0 Å². The van der Waals surface area contributed by atoms with Crippen molar-refractivity contribution in [2.45, 2.75) is 51.1 Å². The first-order chi connectivity index (χ1) is 9.31. The summed E-state index contributed by atoms with van der Waals surface area (Å²) in [6, 6.07) is 2.33. The van der Waals surface area contributed by atoms with Gasteiger partial charge in [0.1, 0.15) is 0 Å². The van der Waals surface area contributed by atoms with Gasteiger partial charge in [0.15, 0.2) is 11.5 Å². The molecule has 0 saturated heterocycles. The van der Waals surface area contributed by atoms with Crippen LogP contribution in [0.4, 0.5) is 0 Å². The number of rotatable bonds is 6. The number of aromatic nitrogens is 1. The second-order valence-electron chi connectivity index (χ2n) is 5.69. The minimum Gasteiger partial charge on any atom is -0.359 e. The number of amides is 1. The molecule has 1 heterocycles. The van der Waals surface area contributed by atoms with Crippen LogP contribution in [-0.4, -0.2) is 23.7 Å². The minimum atomic E-state index is -0.122. The first-order valence-electron chi connectivity index (χ1n) is 7.28. The highest BCUT2D eigenvalue weighted by molar-refractivity contribution is 5.92. The lowest BCUT2D eigenvalue weighted by atomic mass is 10.2. The van der Waals surface area contributed by atoms with E-state index < -0.39 is 0 Å². The lowest BCUT2D eigenvalue weighted by molar-refractivity contribution is 0.0942. The molecule has 2 saturated carbocycles. The quantitative estimate of drug-likeness (QED) is 0.822. The normalized spacial score (nSPS) is 19.8. The molecule has 5 heteroatoms. The number of carbonyl (C=O) groups is 1. The topological polar surface area (TPSA) is 67.2 Å². The Balaban J connectivity index is 1.45. The third-order valence-corrected chi connectivity index (χ3v) is 3.96. The molecule has 0 unspecified atom stereocenters. The van der Waals surface area contributed by atoms with Gasteiger partial charge in [-0.3, -0.25) is 4.79 Å². The smallest absolute Gasteiger partial charge is 0.273 e. The fourth-order valence-corrected chi connectivity index (χ4v) is 2.53. The van der Waals surface area contributed by atoms with Crippen LogP contribution >= 0.6 is 0 Å². The SMILES string of the molecule is O=C(NCC1CC1)c1cc(CNC2CCCC2)on1. The van der Waals surface area contributed by atoms with Gasteiger partial charge in [0.05, 0.1) is 6.54 Å². The van der Waals surface area contributed by atoms with Gasteiger partial charge in [0.2, 0.25) is 0 Å². The zero-order valence-corrected chi connectivity index (χ0v) is 11.2. The van der Waals surface area contributed by atoms with Gasteiger partial charge in [-0.1, -0.05) is 18.0 Å². The second kappa shape index (κ2) is 5.74. The highest BCUT2D eigenvalue weighted by Gasteiger charge is 2.23. The molecule has 0 atom stereocenters. The van der Waals surface area contributed by atoms with E-state index in [2.05, 4.69) is 15.8 Å². The fraction of sp³-hybridized carbons (Fsp3) is 0.714. The monoisotopic (exact) mass is 263 g/mol. The van der Waals surface area contributed by atoms with Crippen molar-refractivity contribution in [3.8, 4) is 0 Å². The van der Waals surface area contributed by atoms with E-state index >= 15 is 0 Å². The molecule has 0 aromatic carbocycles. The lowest BCUT2D eigenvalue weighted by Gasteiger charge is -2.08. The van der Waals surface area contributed by atoms with Crippen molar-refractivity contribution in [1.82, 2.24) is 15.8 Å². The van der Waals surface area contributed by atoms with Crippen LogP contribution in [0.2, 0.25) is 0 Å². The molecule has 0 radical (unpaired) electrons. The Morgan fingerprint density at radius 1 is 1.32 bits per heavy atom. The molecule has 1 amide bonds. The predicted octanol–water partition coefficient (Wildman–Crippen LogP) is 1.85. The molecule has 2 fully saturated rings. The number of nitrogens with one attached hydrogen (secondary N) is 2. The van der Waals surface area contributed by atoms with Crippen molar-refractivity contribution in [3.05, 3.63) is 17.5 Å². The van der Waals surface area contributed by atoms with E-state index in [0.717, 1.165) is 12.3 Å². The Kier molecular flexibility index (Phi) is 3.82. The first-order valence-corrected chi connectivity index (χ1v) is 7.28. The van der Waals surface area contributed by atoms with Gasteiger partial charge in [-0.25, -0.2) is 0 Å². The van der Waals surface area contributed by atoms with Crippen LogP contribution in [0, 0.1) is 5.92 Å². The molecule has 1 aromatic rings. The van der Waals surface area contributed by atoms with E-state index in [-0.39, 0.29) is 5.91 Å². The Morgan fingerprint density at radius 3 is 2.84 bits per heavy atom. The van der Waals surface area contributed by atoms with Crippen LogP contribution in [0.15, 0.2) is 10.6 Å². The fourth-order valence-electron chi connectivity index (χ4n) is 2.53. The van der Waals surface area contributed by atoms with Crippen molar-refractivity contribution >= 4 is 5.91 Å². The summed E-state index contributed by atoms with van der Waals surface area (Å²) < 4.78 is 5.19. The van der Waals surface area contributed by atoms with Gasteiger partial charge in [-0.2, -0.15) is 0 Å². The average molecular weight is 263 g/mol. The van der Waals surface area contributed by atoms with E-state index in [1.807, 2.05) is 0 Å². The molecule has 1 aromatic heterocycles. The number of carbonyl (C=O) groups excluding carboxylic acids is 1. The summed E-state index contributed by atoms with van der Waals surface area (Å²) in [5, 5.41) is 10.2. The molecule has 0 aliphatic heterocycles. The summed E-state index contributed by atoms with van der Waals surface area (Å²) in [7, 11) is 0. The van der Waals surface area contributed by atoms with Crippen LogP contribution in [0.1, 0.15) is 54.8 Å². The average Bonchev–Trinajstić information content (AvgIpc) is 2.93. The lowest BCUT2D eigenvalue weighted by Crippen LogP contribution is -2.26. The molecule has 19 heavy (non-hydrogen) atoms. The van der Waals surface area contributed by atoms with Gasteiger partial charge in [-0.05, 0) is 31.6 Å². The van der Waals surface area contributed by atoms with Crippen LogP contribution in [0.25, 0.3) is 0 Å². The largest absolute Gasteiger partial charge is 0.359 e. The van der Waals surface area contributed by atoms with Gasteiger partial charge in [0.25, 0.3) is 5.91 Å². The zero-order chi connectivity index (χ0) is 13.1. The molecule has 2 N–H and O–H groups in total. The summed E-state index contributed by atoms with van der Waals surface area (Å²) in [6.07, 6.45) is 7.56. The predicted molar refractivity (Wildman–Crippen MR) is 70.7 cm³/mol. The molecule has 2 aliphatic rings. The molecule has 0 spiro atoms. The third-order valence-electron chi connectivity index (χ3n) is 3.96. The van der Waals surface area contributed by atoms with Crippen molar-refractivity contribution in [1.29, 1.82) is 0 Å². The first kappa shape index (κ1) is 12.7. The van der Waals surface area contributed by atoms with E-state index in [0.29, 0.717) is 24.2 Å². The van der Waals surface area contributed by atoms with Crippen molar-refractivity contribution in [2.75, 3.05) is 6.54 Å². The minimum absolute atomic E-state index is 0.122. The number of hydrogen-bond donors (Lipinski definition) is 2. The number of hydrogen-bond acceptors (Lipinski definition) is 4. The molecular weight excluding hydrogens is 242 g/mol. The standard InChI is InChI=1S/C14H21N3O2/c18-14(16-8-10-5-6-10)13-7-12(19-17-13)9-15-11-3-1-2-4-11/h7,10-11,15H,1-6,8-9H2,(H,16,18). The summed E-state index contributed by atoms with van der Waals surface area (Å²) in [5.74, 6) is 1.30. The second-order valence-corrected chi connectivity index (χ2v) is 5.69. The van der Waals surface area contributed by atoms with E-state index in [1.54, 1.807) is 6.07 Å². The van der Waals surface area contributed by atoms with Crippen molar-refractivity contribution in [3.63, 3.8) is 0 Å². The molecule has 3 rings (SSSR count). The van der Waals surface area contributed by atoms with Gasteiger partial charge in [-0.15, -0.1) is 0 Å². The summed E-state index contributed by atoms with van der Waals surface area (Å²) >= 11 is 0. The maximum Gasteiger partial charge on any atom is 0.273 e. The highest BCUT2D eigenvalue weighted by Crippen LogP contribution is 2.27. The molecule has 5 nitrogen and oxygen atoms in total. The highest BCUT2D eigenvalue weighted by atomic mass is 16.5. The van der Waals surface area contributed by atoms with E-state index in [9.17, 15) is 4.79 Å². The summed E-state index contributed by atoms with van der Waals surface area (Å²) in [6.45, 7) is 1.43. The van der Waals surface area contributed by atoms with E-state index in [4.69, 9.17) is 4.52 Å². The van der Waals surface area contributed by atoms with Crippen LogP contribution in [-0.2, 0) is 6.54 Å². The Labute approximate surface area is 113 Å². The molecule has 104 valence electrons. The maximum atomic E-state index is 11.8. The third kappa shape index (κ3) is 3.56. The number of nitrogens with zero attached hydrogens (tertiary/aromatic N) is 1. The van der Waals surface area contributed by atoms with Crippen molar-refractivity contribution in [2.24, 2.45) is 5.92 Å². The Hall–Kier alpha value is -1.36.